The number of allylic oxidation sites excluding steroid dienone is 5. The third-order valence-electron chi connectivity index (χ3n) is 2.41. The molecule has 90 valence electrons. The number of nitrogens with one attached hydrogen (secondary N) is 1. The summed E-state index contributed by atoms with van der Waals surface area (Å²) in [4.78, 5) is 0. The Morgan fingerprint density at radius 2 is 2.00 bits per heavy atom. The Hall–Kier alpha value is -1.03. The SMILES string of the molecule is CC1=C/C=C/NS(=O)(=O)CCCCC(C)=C1. The quantitative estimate of drug-likeness (QED) is 0.708. The molecule has 0 unspecified atom stereocenters. The van der Waals surface area contributed by atoms with E-state index in [0.29, 0.717) is 6.42 Å². The van der Waals surface area contributed by atoms with Crippen LogP contribution in [0.25, 0.3) is 0 Å². The highest BCUT2D eigenvalue weighted by Gasteiger charge is 2.06. The second-order valence-corrected chi connectivity index (χ2v) is 6.03. The molecule has 16 heavy (non-hydrogen) atoms. The second kappa shape index (κ2) is 5.89. The molecular weight excluding hydrogens is 222 g/mol. The fourth-order valence-corrected chi connectivity index (χ4v) is 2.59. The van der Waals surface area contributed by atoms with Gasteiger partial charge in [-0.1, -0.05) is 23.3 Å². The zero-order valence-electron chi connectivity index (χ0n) is 9.86. The molecule has 0 aromatic carbocycles. The van der Waals surface area contributed by atoms with Gasteiger partial charge >= 0.3 is 0 Å². The van der Waals surface area contributed by atoms with Gasteiger partial charge in [-0.2, -0.15) is 0 Å². The maximum atomic E-state index is 11.5. The Kier molecular flexibility index (Phi) is 4.80. The normalized spacial score (nSPS) is 24.1. The van der Waals surface area contributed by atoms with Crippen LogP contribution >= 0.6 is 0 Å². The summed E-state index contributed by atoms with van der Waals surface area (Å²) >= 11 is 0. The third-order valence-corrected chi connectivity index (χ3v) is 3.73. The lowest BCUT2D eigenvalue weighted by Crippen LogP contribution is -2.21. The minimum atomic E-state index is -3.13. The van der Waals surface area contributed by atoms with Crippen LogP contribution in [-0.2, 0) is 10.0 Å². The molecule has 0 aromatic heterocycles. The number of rotatable bonds is 0. The number of hydrogen-bond donors (Lipinski definition) is 1. The Morgan fingerprint density at radius 3 is 2.75 bits per heavy atom. The Labute approximate surface area is 98.0 Å². The molecule has 1 aliphatic heterocycles. The van der Waals surface area contributed by atoms with Crippen LogP contribution < -0.4 is 4.72 Å². The van der Waals surface area contributed by atoms with Gasteiger partial charge in [0.2, 0.25) is 10.0 Å². The van der Waals surface area contributed by atoms with Crippen molar-refractivity contribution >= 4 is 10.0 Å². The summed E-state index contributed by atoms with van der Waals surface area (Å²) < 4.78 is 25.3. The van der Waals surface area contributed by atoms with E-state index < -0.39 is 10.0 Å². The number of sulfonamides is 1. The molecule has 0 spiro atoms. The molecule has 0 fully saturated rings. The van der Waals surface area contributed by atoms with Gasteiger partial charge < -0.3 is 0 Å². The first-order valence-electron chi connectivity index (χ1n) is 5.50. The summed E-state index contributed by atoms with van der Waals surface area (Å²) in [5.74, 6) is 0.202. The van der Waals surface area contributed by atoms with Gasteiger partial charge in [0, 0.05) is 6.20 Å². The summed E-state index contributed by atoms with van der Waals surface area (Å²) in [5, 5.41) is 0. The van der Waals surface area contributed by atoms with Gasteiger partial charge in [0.05, 0.1) is 5.75 Å². The van der Waals surface area contributed by atoms with Gasteiger partial charge in [0.15, 0.2) is 0 Å². The zero-order valence-corrected chi connectivity index (χ0v) is 10.7. The number of hydrogen-bond acceptors (Lipinski definition) is 2. The maximum absolute atomic E-state index is 11.5. The highest BCUT2D eigenvalue weighted by molar-refractivity contribution is 7.89. The van der Waals surface area contributed by atoms with Crippen LogP contribution in [0.2, 0.25) is 0 Å². The van der Waals surface area contributed by atoms with Gasteiger partial charge in [-0.05, 0) is 39.2 Å². The van der Waals surface area contributed by atoms with E-state index in [1.165, 1.54) is 11.8 Å². The first-order chi connectivity index (χ1) is 7.49. The molecule has 0 amide bonds. The maximum Gasteiger partial charge on any atom is 0.232 e. The fraction of sp³-hybridized carbons (Fsp3) is 0.500. The standard InChI is InChI=1S/C12H19NO2S/c1-11-6-3-4-9-16(14,15)13-8-5-7-12(2)10-11/h5,7-8,10,13H,3-4,6,9H2,1-2H3/b8-5+,11-10?,12-7?. The van der Waals surface area contributed by atoms with E-state index in [2.05, 4.69) is 17.7 Å². The molecule has 4 heteroatoms. The predicted octanol–water partition coefficient (Wildman–Crippen LogP) is 2.50. The van der Waals surface area contributed by atoms with Crippen molar-refractivity contribution in [3.05, 3.63) is 35.6 Å². The predicted molar refractivity (Wildman–Crippen MR) is 67.4 cm³/mol. The average molecular weight is 241 g/mol. The molecule has 0 saturated heterocycles. The Balaban J connectivity index is 2.82. The van der Waals surface area contributed by atoms with Gasteiger partial charge in [0.1, 0.15) is 0 Å². The molecule has 1 heterocycles. The summed E-state index contributed by atoms with van der Waals surface area (Å²) in [6.45, 7) is 4.09. The lowest BCUT2D eigenvalue weighted by Gasteiger charge is -2.05. The van der Waals surface area contributed by atoms with Crippen LogP contribution in [0.5, 0.6) is 0 Å². The zero-order chi connectivity index (χ0) is 12.0. The molecule has 0 radical (unpaired) electrons. The minimum Gasteiger partial charge on any atom is -0.290 e. The minimum absolute atomic E-state index is 0.202. The monoisotopic (exact) mass is 241 g/mol. The molecule has 1 aliphatic rings. The first-order valence-corrected chi connectivity index (χ1v) is 7.15. The van der Waals surface area contributed by atoms with Gasteiger partial charge in [-0.3, -0.25) is 4.72 Å². The molecular formula is C12H19NO2S. The topological polar surface area (TPSA) is 46.2 Å². The smallest absolute Gasteiger partial charge is 0.232 e. The molecule has 0 aliphatic carbocycles. The molecule has 1 rings (SSSR count). The van der Waals surface area contributed by atoms with Crippen molar-refractivity contribution in [1.29, 1.82) is 0 Å². The van der Waals surface area contributed by atoms with E-state index in [9.17, 15) is 8.42 Å². The summed E-state index contributed by atoms with van der Waals surface area (Å²) in [5.41, 5.74) is 2.43. The van der Waals surface area contributed by atoms with Crippen molar-refractivity contribution in [3.8, 4) is 0 Å². The van der Waals surface area contributed by atoms with E-state index in [4.69, 9.17) is 0 Å². The molecule has 0 aromatic rings. The van der Waals surface area contributed by atoms with Crippen LogP contribution in [0.4, 0.5) is 0 Å². The van der Waals surface area contributed by atoms with Crippen molar-refractivity contribution in [1.82, 2.24) is 4.72 Å². The molecule has 0 atom stereocenters. The second-order valence-electron chi connectivity index (χ2n) is 4.15. The van der Waals surface area contributed by atoms with Crippen molar-refractivity contribution < 1.29 is 8.42 Å². The van der Waals surface area contributed by atoms with Crippen molar-refractivity contribution in [2.75, 3.05) is 5.75 Å². The van der Waals surface area contributed by atoms with Crippen LogP contribution in [-0.4, -0.2) is 14.2 Å². The largest absolute Gasteiger partial charge is 0.290 e. The van der Waals surface area contributed by atoms with E-state index >= 15 is 0 Å². The molecule has 1 N–H and O–H groups in total. The van der Waals surface area contributed by atoms with Crippen molar-refractivity contribution in [2.45, 2.75) is 33.1 Å². The van der Waals surface area contributed by atoms with Crippen molar-refractivity contribution in [2.24, 2.45) is 0 Å². The van der Waals surface area contributed by atoms with Gasteiger partial charge in [0.25, 0.3) is 0 Å². The third kappa shape index (κ3) is 5.16. The average Bonchev–Trinajstić information content (AvgIpc) is 2.18. The summed E-state index contributed by atoms with van der Waals surface area (Å²) in [6, 6.07) is 0. The van der Waals surface area contributed by atoms with E-state index in [0.717, 1.165) is 18.4 Å². The van der Waals surface area contributed by atoms with E-state index in [1.807, 2.05) is 13.0 Å². The first kappa shape index (κ1) is 13.0. The van der Waals surface area contributed by atoms with Crippen molar-refractivity contribution in [3.63, 3.8) is 0 Å². The summed E-state index contributed by atoms with van der Waals surface area (Å²) in [7, 11) is -3.13. The van der Waals surface area contributed by atoms with Gasteiger partial charge in [-0.25, -0.2) is 8.42 Å². The van der Waals surface area contributed by atoms with E-state index in [1.54, 1.807) is 6.08 Å². The molecule has 3 nitrogen and oxygen atoms in total. The van der Waals surface area contributed by atoms with Gasteiger partial charge in [-0.15, -0.1) is 0 Å². The lowest BCUT2D eigenvalue weighted by atomic mass is 10.1. The summed E-state index contributed by atoms with van der Waals surface area (Å²) in [6.07, 6.45) is 9.82. The molecule has 0 bridgehead atoms. The van der Waals surface area contributed by atoms with Crippen LogP contribution in [0, 0.1) is 0 Å². The van der Waals surface area contributed by atoms with Crippen LogP contribution in [0.3, 0.4) is 0 Å². The highest BCUT2D eigenvalue weighted by atomic mass is 32.2. The van der Waals surface area contributed by atoms with Crippen LogP contribution in [0.15, 0.2) is 35.6 Å². The fourth-order valence-electron chi connectivity index (χ4n) is 1.61. The Morgan fingerprint density at radius 1 is 1.25 bits per heavy atom. The van der Waals surface area contributed by atoms with Crippen LogP contribution in [0.1, 0.15) is 33.1 Å². The molecule has 0 saturated carbocycles. The van der Waals surface area contributed by atoms with E-state index in [-0.39, 0.29) is 5.75 Å². The highest BCUT2D eigenvalue weighted by Crippen LogP contribution is 2.11. The lowest BCUT2D eigenvalue weighted by molar-refractivity contribution is 0.586. The Bertz CT molecular complexity index is 416.